The fraction of sp³-hybridized carbons (Fsp3) is 0.500. The van der Waals surface area contributed by atoms with Crippen LogP contribution in [0.3, 0.4) is 0 Å². The van der Waals surface area contributed by atoms with E-state index in [1.54, 1.807) is 0 Å². The van der Waals surface area contributed by atoms with Crippen LogP contribution in [0.15, 0.2) is 16.9 Å². The zero-order valence-electron chi connectivity index (χ0n) is 10.9. The van der Waals surface area contributed by atoms with E-state index in [9.17, 15) is 0 Å². The van der Waals surface area contributed by atoms with Gasteiger partial charge in [-0.25, -0.2) is 4.98 Å². The lowest BCUT2D eigenvalue weighted by molar-refractivity contribution is 0.485. The van der Waals surface area contributed by atoms with Crippen LogP contribution in [-0.4, -0.2) is 9.55 Å². The Hall–Kier alpha value is -0.830. The number of hydrogen-bond donors (Lipinski definition) is 0. The van der Waals surface area contributed by atoms with Crippen molar-refractivity contribution in [1.29, 1.82) is 0 Å². The van der Waals surface area contributed by atoms with Gasteiger partial charge in [-0.3, -0.25) is 0 Å². The summed E-state index contributed by atoms with van der Waals surface area (Å²) in [6, 6.07) is 2.81. The van der Waals surface area contributed by atoms with Crippen molar-refractivity contribution in [1.82, 2.24) is 9.55 Å². The molecule has 2 nitrogen and oxygen atoms in total. The predicted octanol–water partition coefficient (Wildman–Crippen LogP) is 4.78. The molecule has 0 fully saturated rings. The van der Waals surface area contributed by atoms with E-state index in [4.69, 9.17) is 0 Å². The highest BCUT2D eigenvalue weighted by Gasteiger charge is 2.14. The standard InChI is InChI=1S/C14H19BrN2/c1-5-11(6-2)17-8-10(4)13-12(17)7-9(3)14(15)16-13/h7-8,11H,5-6H2,1-4H3. The van der Waals surface area contributed by atoms with Crippen LogP contribution in [0.1, 0.15) is 43.9 Å². The lowest BCUT2D eigenvalue weighted by Crippen LogP contribution is -2.05. The van der Waals surface area contributed by atoms with E-state index in [0.29, 0.717) is 6.04 Å². The molecule has 0 amide bonds. The van der Waals surface area contributed by atoms with E-state index < -0.39 is 0 Å². The Morgan fingerprint density at radius 2 is 1.88 bits per heavy atom. The minimum Gasteiger partial charge on any atom is -0.343 e. The first kappa shape index (κ1) is 12.6. The third-order valence-corrected chi connectivity index (χ3v) is 4.25. The van der Waals surface area contributed by atoms with Crippen molar-refractivity contribution in [2.75, 3.05) is 0 Å². The summed E-state index contributed by atoms with van der Waals surface area (Å²) in [5.41, 5.74) is 4.83. The van der Waals surface area contributed by atoms with E-state index in [-0.39, 0.29) is 0 Å². The Morgan fingerprint density at radius 1 is 1.24 bits per heavy atom. The van der Waals surface area contributed by atoms with Crippen LogP contribution in [0.5, 0.6) is 0 Å². The maximum atomic E-state index is 4.64. The highest BCUT2D eigenvalue weighted by molar-refractivity contribution is 9.10. The van der Waals surface area contributed by atoms with Gasteiger partial charge in [-0.05, 0) is 59.8 Å². The van der Waals surface area contributed by atoms with Gasteiger partial charge in [-0.15, -0.1) is 0 Å². The first-order valence-electron chi connectivity index (χ1n) is 6.22. The number of aryl methyl sites for hydroxylation is 2. The molecule has 3 heteroatoms. The van der Waals surface area contributed by atoms with E-state index in [1.165, 1.54) is 16.6 Å². The number of hydrogen-bond acceptors (Lipinski definition) is 1. The topological polar surface area (TPSA) is 17.8 Å². The summed E-state index contributed by atoms with van der Waals surface area (Å²) >= 11 is 3.51. The number of nitrogens with zero attached hydrogens (tertiary/aromatic N) is 2. The summed E-state index contributed by atoms with van der Waals surface area (Å²) in [7, 11) is 0. The fourth-order valence-corrected chi connectivity index (χ4v) is 2.68. The first-order valence-corrected chi connectivity index (χ1v) is 7.02. The Balaban J connectivity index is 2.69. The molecule has 0 aliphatic carbocycles. The van der Waals surface area contributed by atoms with Crippen molar-refractivity contribution in [3.05, 3.63) is 28.0 Å². The van der Waals surface area contributed by atoms with Crippen molar-refractivity contribution < 1.29 is 0 Å². The summed E-state index contributed by atoms with van der Waals surface area (Å²) in [6.07, 6.45) is 4.56. The van der Waals surface area contributed by atoms with Crippen molar-refractivity contribution in [2.24, 2.45) is 0 Å². The second kappa shape index (κ2) is 4.81. The molecule has 0 saturated heterocycles. The summed E-state index contributed by atoms with van der Waals surface area (Å²) in [5, 5.41) is 0. The second-order valence-electron chi connectivity index (χ2n) is 4.65. The van der Waals surface area contributed by atoms with Gasteiger partial charge in [-0.2, -0.15) is 0 Å². The monoisotopic (exact) mass is 294 g/mol. The molecule has 0 aliphatic rings. The maximum Gasteiger partial charge on any atom is 0.109 e. The molecule has 0 spiro atoms. The third kappa shape index (κ3) is 2.13. The number of pyridine rings is 1. The zero-order chi connectivity index (χ0) is 12.6. The minimum atomic E-state index is 0.577. The van der Waals surface area contributed by atoms with Gasteiger partial charge < -0.3 is 4.57 Å². The first-order chi connectivity index (χ1) is 8.08. The number of fused-ring (bicyclic) bond motifs is 1. The van der Waals surface area contributed by atoms with Gasteiger partial charge in [0, 0.05) is 12.2 Å². The summed E-state index contributed by atoms with van der Waals surface area (Å²) in [6.45, 7) is 8.72. The molecule has 2 heterocycles. The maximum absolute atomic E-state index is 4.64. The van der Waals surface area contributed by atoms with Crippen LogP contribution in [0, 0.1) is 13.8 Å². The van der Waals surface area contributed by atoms with Gasteiger partial charge in [0.15, 0.2) is 0 Å². The molecular weight excluding hydrogens is 276 g/mol. The molecule has 0 saturated carbocycles. The molecule has 2 aromatic heterocycles. The smallest absolute Gasteiger partial charge is 0.109 e. The SMILES string of the molecule is CCC(CC)n1cc(C)c2nc(Br)c(C)cc21. The second-order valence-corrected chi connectivity index (χ2v) is 5.40. The van der Waals surface area contributed by atoms with Crippen LogP contribution in [-0.2, 0) is 0 Å². The van der Waals surface area contributed by atoms with E-state index in [1.807, 2.05) is 0 Å². The third-order valence-electron chi connectivity index (χ3n) is 3.45. The Labute approximate surface area is 111 Å². The van der Waals surface area contributed by atoms with E-state index in [2.05, 4.69) is 65.4 Å². The van der Waals surface area contributed by atoms with Gasteiger partial charge in [0.05, 0.1) is 11.0 Å². The number of halogens is 1. The van der Waals surface area contributed by atoms with Crippen molar-refractivity contribution in [2.45, 2.75) is 46.6 Å². The van der Waals surface area contributed by atoms with Crippen LogP contribution in [0.25, 0.3) is 11.0 Å². The largest absolute Gasteiger partial charge is 0.343 e. The molecule has 0 aromatic carbocycles. The number of rotatable bonds is 3. The quantitative estimate of drug-likeness (QED) is 0.745. The average Bonchev–Trinajstić information content (AvgIpc) is 2.60. The molecule has 0 unspecified atom stereocenters. The molecule has 0 radical (unpaired) electrons. The molecule has 0 N–H and O–H groups in total. The molecule has 2 aromatic rings. The summed E-state index contributed by atoms with van der Waals surface area (Å²) in [4.78, 5) is 4.64. The van der Waals surface area contributed by atoms with Crippen molar-refractivity contribution in [3.63, 3.8) is 0 Å². The number of aromatic nitrogens is 2. The van der Waals surface area contributed by atoms with Crippen LogP contribution in [0.4, 0.5) is 0 Å². The van der Waals surface area contributed by atoms with Gasteiger partial charge in [0.2, 0.25) is 0 Å². The van der Waals surface area contributed by atoms with E-state index in [0.717, 1.165) is 23.0 Å². The Morgan fingerprint density at radius 3 is 2.47 bits per heavy atom. The minimum absolute atomic E-state index is 0.577. The van der Waals surface area contributed by atoms with Crippen LogP contribution >= 0.6 is 15.9 Å². The molecular formula is C14H19BrN2. The fourth-order valence-electron chi connectivity index (χ4n) is 2.39. The molecule has 0 atom stereocenters. The van der Waals surface area contributed by atoms with E-state index >= 15 is 0 Å². The molecule has 0 aliphatic heterocycles. The molecule has 92 valence electrons. The normalized spacial score (nSPS) is 11.6. The lowest BCUT2D eigenvalue weighted by atomic mass is 10.1. The average molecular weight is 295 g/mol. The zero-order valence-corrected chi connectivity index (χ0v) is 12.5. The molecule has 0 bridgehead atoms. The highest BCUT2D eigenvalue weighted by Crippen LogP contribution is 2.29. The summed E-state index contributed by atoms with van der Waals surface area (Å²) in [5.74, 6) is 0. The van der Waals surface area contributed by atoms with Crippen molar-refractivity contribution in [3.8, 4) is 0 Å². The van der Waals surface area contributed by atoms with Gasteiger partial charge >= 0.3 is 0 Å². The highest BCUT2D eigenvalue weighted by atomic mass is 79.9. The lowest BCUT2D eigenvalue weighted by Gasteiger charge is -2.16. The van der Waals surface area contributed by atoms with Crippen molar-refractivity contribution >= 4 is 27.0 Å². The Kier molecular flexibility index (Phi) is 3.57. The predicted molar refractivity (Wildman–Crippen MR) is 76.5 cm³/mol. The Bertz CT molecular complexity index is 539. The van der Waals surface area contributed by atoms with Crippen LogP contribution < -0.4 is 0 Å². The molecule has 17 heavy (non-hydrogen) atoms. The van der Waals surface area contributed by atoms with Crippen LogP contribution in [0.2, 0.25) is 0 Å². The molecule has 2 rings (SSSR count). The van der Waals surface area contributed by atoms with Gasteiger partial charge in [0.1, 0.15) is 4.60 Å². The van der Waals surface area contributed by atoms with Gasteiger partial charge in [-0.1, -0.05) is 13.8 Å². The summed E-state index contributed by atoms with van der Waals surface area (Å²) < 4.78 is 3.34. The van der Waals surface area contributed by atoms with Gasteiger partial charge in [0.25, 0.3) is 0 Å².